The van der Waals surface area contributed by atoms with Crippen molar-refractivity contribution in [3.63, 3.8) is 0 Å². The third-order valence-electron chi connectivity index (χ3n) is 3.66. The maximum absolute atomic E-state index is 13.9. The van der Waals surface area contributed by atoms with Crippen LogP contribution in [0.5, 0.6) is 0 Å². The lowest BCUT2D eigenvalue weighted by Crippen LogP contribution is -2.44. The maximum atomic E-state index is 13.9. The molecule has 0 aliphatic rings. The second-order valence-electron chi connectivity index (χ2n) is 5.74. The number of halogens is 1. The van der Waals surface area contributed by atoms with Crippen molar-refractivity contribution < 1.29 is 17.6 Å². The van der Waals surface area contributed by atoms with Gasteiger partial charge in [-0.2, -0.15) is 16.5 Å². The second kappa shape index (κ2) is 9.16. The summed E-state index contributed by atoms with van der Waals surface area (Å²) in [6.45, 7) is 1.78. The predicted octanol–water partition coefficient (Wildman–Crippen LogP) is 3.17. The van der Waals surface area contributed by atoms with Crippen molar-refractivity contribution in [2.75, 3.05) is 17.3 Å². The number of hydrogen-bond donors (Lipinski definition) is 2. The molecular formula is C18H21FN2O3S2. The summed E-state index contributed by atoms with van der Waals surface area (Å²) in [7, 11) is -3.86. The SMILES string of the molecule is CSCCC(NS(=O)(=O)c1ccccc1)C(=O)Nc1cc(C)ccc1F. The molecule has 0 aromatic heterocycles. The molecule has 2 N–H and O–H groups in total. The standard InChI is InChI=1S/C18H21FN2O3S2/c1-13-8-9-15(19)17(12-13)20-18(22)16(10-11-25-2)21-26(23,24)14-6-4-3-5-7-14/h3-9,12,16,21H,10-11H2,1-2H3,(H,20,22). The minimum absolute atomic E-state index is 0.0306. The minimum Gasteiger partial charge on any atom is -0.322 e. The highest BCUT2D eigenvalue weighted by Gasteiger charge is 2.26. The predicted molar refractivity (Wildman–Crippen MR) is 103 cm³/mol. The number of carbonyl (C=O) groups is 1. The monoisotopic (exact) mass is 396 g/mol. The Labute approximate surface area is 157 Å². The van der Waals surface area contributed by atoms with Gasteiger partial charge in [-0.3, -0.25) is 4.79 Å². The molecule has 1 atom stereocenters. The van der Waals surface area contributed by atoms with Crippen LogP contribution < -0.4 is 10.0 Å². The first-order valence-electron chi connectivity index (χ1n) is 7.97. The van der Waals surface area contributed by atoms with E-state index in [1.54, 1.807) is 31.2 Å². The topological polar surface area (TPSA) is 75.3 Å². The summed E-state index contributed by atoms with van der Waals surface area (Å²) in [6, 6.07) is 11.2. The molecule has 5 nitrogen and oxygen atoms in total. The molecule has 0 fully saturated rings. The van der Waals surface area contributed by atoms with E-state index in [1.165, 1.54) is 36.0 Å². The van der Waals surface area contributed by atoms with Crippen molar-refractivity contribution >= 4 is 33.4 Å². The highest BCUT2D eigenvalue weighted by molar-refractivity contribution is 7.98. The van der Waals surface area contributed by atoms with E-state index < -0.39 is 27.8 Å². The lowest BCUT2D eigenvalue weighted by molar-refractivity contribution is -0.117. The third-order valence-corrected chi connectivity index (χ3v) is 5.79. The second-order valence-corrected chi connectivity index (χ2v) is 8.44. The summed E-state index contributed by atoms with van der Waals surface area (Å²) in [5.74, 6) is -0.590. The summed E-state index contributed by atoms with van der Waals surface area (Å²) >= 11 is 1.49. The van der Waals surface area contributed by atoms with Gasteiger partial charge in [-0.05, 0) is 55.2 Å². The molecule has 0 spiro atoms. The Morgan fingerprint density at radius 3 is 2.54 bits per heavy atom. The van der Waals surface area contributed by atoms with E-state index in [9.17, 15) is 17.6 Å². The molecule has 1 unspecified atom stereocenters. The van der Waals surface area contributed by atoms with E-state index in [1.807, 2.05) is 6.26 Å². The number of aryl methyl sites for hydroxylation is 1. The van der Waals surface area contributed by atoms with Crippen LogP contribution in [0.3, 0.4) is 0 Å². The summed E-state index contributed by atoms with van der Waals surface area (Å²) in [5.41, 5.74) is 0.815. The van der Waals surface area contributed by atoms with Crippen LogP contribution in [0.1, 0.15) is 12.0 Å². The van der Waals surface area contributed by atoms with Crippen LogP contribution in [0.2, 0.25) is 0 Å². The fraction of sp³-hybridized carbons (Fsp3) is 0.278. The Hall–Kier alpha value is -1.90. The van der Waals surface area contributed by atoms with Crippen LogP contribution in [-0.4, -0.2) is 32.4 Å². The Kier molecular flexibility index (Phi) is 7.19. The zero-order valence-electron chi connectivity index (χ0n) is 14.5. The molecule has 0 heterocycles. The third kappa shape index (κ3) is 5.55. The number of benzene rings is 2. The van der Waals surface area contributed by atoms with Gasteiger partial charge in [-0.25, -0.2) is 12.8 Å². The fourth-order valence-electron chi connectivity index (χ4n) is 2.29. The molecule has 2 aromatic rings. The molecule has 0 aliphatic heterocycles. The van der Waals surface area contributed by atoms with Crippen molar-refractivity contribution in [3.05, 3.63) is 59.9 Å². The van der Waals surface area contributed by atoms with Crippen molar-refractivity contribution in [2.24, 2.45) is 0 Å². The molecule has 0 saturated heterocycles. The van der Waals surface area contributed by atoms with E-state index in [-0.39, 0.29) is 17.0 Å². The van der Waals surface area contributed by atoms with Crippen LogP contribution in [0, 0.1) is 12.7 Å². The lowest BCUT2D eigenvalue weighted by atomic mass is 10.2. The quantitative estimate of drug-likeness (QED) is 0.719. The summed E-state index contributed by atoms with van der Waals surface area (Å²) in [4.78, 5) is 12.6. The van der Waals surface area contributed by atoms with Gasteiger partial charge in [-0.15, -0.1) is 0 Å². The molecule has 0 aliphatic carbocycles. The molecule has 0 bridgehead atoms. The van der Waals surface area contributed by atoms with Crippen LogP contribution in [0.25, 0.3) is 0 Å². The van der Waals surface area contributed by atoms with E-state index >= 15 is 0 Å². The van der Waals surface area contributed by atoms with E-state index in [0.717, 1.165) is 5.56 Å². The first-order valence-corrected chi connectivity index (χ1v) is 10.8. The minimum atomic E-state index is -3.86. The van der Waals surface area contributed by atoms with Crippen molar-refractivity contribution in [3.8, 4) is 0 Å². The van der Waals surface area contributed by atoms with Gasteiger partial charge in [-0.1, -0.05) is 24.3 Å². The van der Waals surface area contributed by atoms with Gasteiger partial charge in [0.05, 0.1) is 10.6 Å². The number of rotatable bonds is 8. The normalized spacial score (nSPS) is 12.6. The molecule has 140 valence electrons. The van der Waals surface area contributed by atoms with E-state index in [0.29, 0.717) is 5.75 Å². The first-order chi connectivity index (χ1) is 12.3. The van der Waals surface area contributed by atoms with E-state index in [2.05, 4.69) is 10.0 Å². The highest BCUT2D eigenvalue weighted by Crippen LogP contribution is 2.17. The Morgan fingerprint density at radius 2 is 1.88 bits per heavy atom. The molecule has 26 heavy (non-hydrogen) atoms. The Morgan fingerprint density at radius 1 is 1.19 bits per heavy atom. The van der Waals surface area contributed by atoms with Gasteiger partial charge >= 0.3 is 0 Å². The molecular weight excluding hydrogens is 375 g/mol. The van der Waals surface area contributed by atoms with Crippen molar-refractivity contribution in [2.45, 2.75) is 24.3 Å². The smallest absolute Gasteiger partial charge is 0.242 e. The summed E-state index contributed by atoms with van der Waals surface area (Å²) in [5, 5.41) is 2.48. The zero-order valence-corrected chi connectivity index (χ0v) is 16.2. The number of amides is 1. The Balaban J connectivity index is 2.20. The van der Waals surface area contributed by atoms with Gasteiger partial charge in [0.1, 0.15) is 11.9 Å². The number of anilines is 1. The van der Waals surface area contributed by atoms with Crippen molar-refractivity contribution in [1.29, 1.82) is 0 Å². The van der Waals surface area contributed by atoms with Gasteiger partial charge in [0.2, 0.25) is 15.9 Å². The largest absolute Gasteiger partial charge is 0.322 e. The average molecular weight is 397 g/mol. The van der Waals surface area contributed by atoms with Gasteiger partial charge in [0.15, 0.2) is 0 Å². The number of sulfonamides is 1. The summed E-state index contributed by atoms with van der Waals surface area (Å²) in [6.07, 6.45) is 2.15. The number of nitrogens with one attached hydrogen (secondary N) is 2. The average Bonchev–Trinajstić information content (AvgIpc) is 2.62. The molecule has 2 aromatic carbocycles. The molecule has 2 rings (SSSR count). The summed E-state index contributed by atoms with van der Waals surface area (Å²) < 4.78 is 41.3. The molecule has 1 amide bonds. The Bertz CT molecular complexity index is 858. The first kappa shape index (κ1) is 20.4. The van der Waals surface area contributed by atoms with Gasteiger partial charge in [0, 0.05) is 0 Å². The highest BCUT2D eigenvalue weighted by atomic mass is 32.2. The van der Waals surface area contributed by atoms with Crippen molar-refractivity contribution in [1.82, 2.24) is 4.72 Å². The van der Waals surface area contributed by atoms with Crippen LogP contribution >= 0.6 is 11.8 Å². The van der Waals surface area contributed by atoms with Crippen LogP contribution in [-0.2, 0) is 14.8 Å². The van der Waals surface area contributed by atoms with E-state index in [4.69, 9.17) is 0 Å². The zero-order chi connectivity index (χ0) is 19.2. The van der Waals surface area contributed by atoms with Gasteiger partial charge in [0.25, 0.3) is 0 Å². The number of hydrogen-bond acceptors (Lipinski definition) is 4. The van der Waals surface area contributed by atoms with Crippen LogP contribution in [0.15, 0.2) is 53.4 Å². The number of thioether (sulfide) groups is 1. The lowest BCUT2D eigenvalue weighted by Gasteiger charge is -2.18. The molecule has 8 heteroatoms. The molecule has 0 saturated carbocycles. The number of carbonyl (C=O) groups excluding carboxylic acids is 1. The van der Waals surface area contributed by atoms with Crippen LogP contribution in [0.4, 0.5) is 10.1 Å². The molecule has 0 radical (unpaired) electrons. The fourth-order valence-corrected chi connectivity index (χ4v) is 4.01. The van der Waals surface area contributed by atoms with Gasteiger partial charge < -0.3 is 5.32 Å². The maximum Gasteiger partial charge on any atom is 0.242 e.